The fraction of sp³-hybridized carbons (Fsp3) is 0.263. The number of rotatable bonds is 4. The highest BCUT2D eigenvalue weighted by molar-refractivity contribution is 6.30. The Morgan fingerprint density at radius 1 is 1.14 bits per heavy atom. The molecule has 0 bridgehead atoms. The molecule has 28 heavy (non-hydrogen) atoms. The molecular weight excluding hydrogens is 400 g/mol. The molecule has 2 aromatic rings. The van der Waals surface area contributed by atoms with Crippen molar-refractivity contribution < 1.29 is 27.2 Å². The largest absolute Gasteiger partial charge is 0.419 e. The number of carbonyl (C=O) groups excluding carboxylic acids is 2. The van der Waals surface area contributed by atoms with E-state index in [4.69, 9.17) is 11.6 Å². The van der Waals surface area contributed by atoms with Gasteiger partial charge in [-0.05, 0) is 35.4 Å². The number of nitrogens with one attached hydrogen (secondary N) is 2. The molecule has 1 aliphatic rings. The third-order valence-electron chi connectivity index (χ3n) is 4.47. The van der Waals surface area contributed by atoms with E-state index in [9.17, 15) is 27.2 Å². The lowest BCUT2D eigenvalue weighted by Gasteiger charge is -2.23. The van der Waals surface area contributed by atoms with Crippen LogP contribution >= 0.6 is 11.6 Å². The molecule has 2 N–H and O–H groups in total. The van der Waals surface area contributed by atoms with Crippen LogP contribution < -0.4 is 10.6 Å². The van der Waals surface area contributed by atoms with Crippen LogP contribution in [0.4, 0.5) is 17.6 Å². The van der Waals surface area contributed by atoms with Gasteiger partial charge in [-0.25, -0.2) is 4.39 Å². The standard InChI is InChI=1S/C19H15ClF4N2O2/c20-13-4-1-10(2-5-13)17(26-18(28)12-8-16(27)25-9-12)11-3-6-15(21)14(7-11)19(22,23)24/h1-7,12,17H,8-9H2,(H,25,27)(H,26,28)/t12?,17-/m0/s1. The number of hydrogen-bond donors (Lipinski definition) is 2. The maximum atomic E-state index is 13.7. The molecule has 1 aliphatic heterocycles. The summed E-state index contributed by atoms with van der Waals surface area (Å²) in [5.74, 6) is -2.80. The summed E-state index contributed by atoms with van der Waals surface area (Å²) in [6.45, 7) is 0.148. The Bertz CT molecular complexity index is 900. The van der Waals surface area contributed by atoms with Gasteiger partial charge in [0.25, 0.3) is 0 Å². The molecule has 2 amide bonds. The Balaban J connectivity index is 1.98. The molecule has 2 atom stereocenters. The molecule has 1 fully saturated rings. The van der Waals surface area contributed by atoms with E-state index in [1.807, 2.05) is 0 Å². The van der Waals surface area contributed by atoms with Gasteiger partial charge < -0.3 is 10.6 Å². The van der Waals surface area contributed by atoms with E-state index >= 15 is 0 Å². The van der Waals surface area contributed by atoms with Gasteiger partial charge in [-0.3, -0.25) is 9.59 Å². The zero-order valence-electron chi connectivity index (χ0n) is 14.3. The topological polar surface area (TPSA) is 58.2 Å². The first-order valence-corrected chi connectivity index (χ1v) is 8.72. The predicted octanol–water partition coefficient (Wildman–Crippen LogP) is 3.84. The van der Waals surface area contributed by atoms with Crippen LogP contribution in [-0.4, -0.2) is 18.4 Å². The lowest BCUT2D eigenvalue weighted by Crippen LogP contribution is -2.35. The van der Waals surface area contributed by atoms with Crippen molar-refractivity contribution in [3.05, 3.63) is 70.0 Å². The van der Waals surface area contributed by atoms with E-state index in [0.717, 1.165) is 0 Å². The van der Waals surface area contributed by atoms with Crippen LogP contribution in [0.15, 0.2) is 42.5 Å². The maximum Gasteiger partial charge on any atom is 0.419 e. The van der Waals surface area contributed by atoms with Gasteiger partial charge in [-0.2, -0.15) is 13.2 Å². The van der Waals surface area contributed by atoms with Crippen molar-refractivity contribution >= 4 is 23.4 Å². The summed E-state index contributed by atoms with van der Waals surface area (Å²) in [6.07, 6.45) is -4.88. The monoisotopic (exact) mass is 414 g/mol. The molecule has 0 saturated carbocycles. The molecule has 2 aromatic carbocycles. The molecule has 9 heteroatoms. The van der Waals surface area contributed by atoms with Gasteiger partial charge in [-0.1, -0.05) is 29.8 Å². The Kier molecular flexibility index (Phi) is 5.60. The minimum absolute atomic E-state index is 0.00358. The van der Waals surface area contributed by atoms with E-state index in [-0.39, 0.29) is 24.4 Å². The number of hydrogen-bond acceptors (Lipinski definition) is 2. The summed E-state index contributed by atoms with van der Waals surface area (Å²) in [6, 6.07) is 7.78. The predicted molar refractivity (Wildman–Crippen MR) is 94.0 cm³/mol. The summed E-state index contributed by atoms with van der Waals surface area (Å²) in [4.78, 5) is 23.9. The Labute approximate surface area is 162 Å². The summed E-state index contributed by atoms with van der Waals surface area (Å²) in [7, 11) is 0. The van der Waals surface area contributed by atoms with E-state index in [1.54, 1.807) is 12.1 Å². The van der Waals surface area contributed by atoms with E-state index in [0.29, 0.717) is 22.7 Å². The van der Waals surface area contributed by atoms with Crippen molar-refractivity contribution in [3.8, 4) is 0 Å². The first kappa shape index (κ1) is 20.1. The number of halogens is 5. The van der Waals surface area contributed by atoms with Crippen molar-refractivity contribution in [2.75, 3.05) is 6.54 Å². The summed E-state index contributed by atoms with van der Waals surface area (Å²) in [5.41, 5.74) is -0.896. The van der Waals surface area contributed by atoms with Crippen molar-refractivity contribution in [1.82, 2.24) is 10.6 Å². The Morgan fingerprint density at radius 2 is 1.79 bits per heavy atom. The quantitative estimate of drug-likeness (QED) is 0.747. The zero-order chi connectivity index (χ0) is 20.5. The normalized spacial score (nSPS) is 17.9. The number of alkyl halides is 3. The van der Waals surface area contributed by atoms with Gasteiger partial charge in [0.2, 0.25) is 11.8 Å². The second-order valence-corrected chi connectivity index (χ2v) is 6.87. The van der Waals surface area contributed by atoms with E-state index in [1.165, 1.54) is 18.2 Å². The average molecular weight is 415 g/mol. The number of benzene rings is 2. The molecule has 0 aliphatic carbocycles. The van der Waals surface area contributed by atoms with Crippen LogP contribution in [0.5, 0.6) is 0 Å². The van der Waals surface area contributed by atoms with Gasteiger partial charge in [0.1, 0.15) is 5.82 Å². The highest BCUT2D eigenvalue weighted by Crippen LogP contribution is 2.34. The van der Waals surface area contributed by atoms with Crippen LogP contribution in [0.3, 0.4) is 0 Å². The fourth-order valence-corrected chi connectivity index (χ4v) is 3.13. The summed E-state index contributed by atoms with van der Waals surface area (Å²) < 4.78 is 53.0. The highest BCUT2D eigenvalue weighted by atomic mass is 35.5. The zero-order valence-corrected chi connectivity index (χ0v) is 15.1. The number of carbonyl (C=O) groups is 2. The average Bonchev–Trinajstić information content (AvgIpc) is 3.07. The molecule has 3 rings (SSSR count). The molecule has 0 aromatic heterocycles. The third-order valence-corrected chi connectivity index (χ3v) is 4.72. The second-order valence-electron chi connectivity index (χ2n) is 6.44. The number of amides is 2. The van der Waals surface area contributed by atoms with Gasteiger partial charge in [-0.15, -0.1) is 0 Å². The molecule has 0 spiro atoms. The smallest absolute Gasteiger partial charge is 0.355 e. The van der Waals surface area contributed by atoms with Gasteiger partial charge in [0, 0.05) is 18.0 Å². The fourth-order valence-electron chi connectivity index (χ4n) is 3.00. The Hall–Kier alpha value is -2.61. The lowest BCUT2D eigenvalue weighted by atomic mass is 9.95. The molecule has 148 valence electrons. The molecule has 4 nitrogen and oxygen atoms in total. The van der Waals surface area contributed by atoms with Crippen LogP contribution in [0.2, 0.25) is 5.02 Å². The molecule has 1 unspecified atom stereocenters. The van der Waals surface area contributed by atoms with Crippen LogP contribution in [0.1, 0.15) is 29.2 Å². The van der Waals surface area contributed by atoms with E-state index in [2.05, 4.69) is 10.6 Å². The maximum absolute atomic E-state index is 13.7. The lowest BCUT2D eigenvalue weighted by molar-refractivity contribution is -0.140. The minimum Gasteiger partial charge on any atom is -0.355 e. The van der Waals surface area contributed by atoms with Crippen molar-refractivity contribution in [2.24, 2.45) is 5.92 Å². The van der Waals surface area contributed by atoms with Crippen molar-refractivity contribution in [3.63, 3.8) is 0 Å². The molecular formula is C19H15ClF4N2O2. The summed E-state index contributed by atoms with van der Waals surface area (Å²) in [5, 5.41) is 5.61. The summed E-state index contributed by atoms with van der Waals surface area (Å²) >= 11 is 5.86. The van der Waals surface area contributed by atoms with E-state index < -0.39 is 35.4 Å². The van der Waals surface area contributed by atoms with Crippen LogP contribution in [0.25, 0.3) is 0 Å². The van der Waals surface area contributed by atoms with Gasteiger partial charge in [0.05, 0.1) is 17.5 Å². The van der Waals surface area contributed by atoms with Crippen molar-refractivity contribution in [1.29, 1.82) is 0 Å². The first-order chi connectivity index (χ1) is 13.1. The molecule has 1 heterocycles. The highest BCUT2D eigenvalue weighted by Gasteiger charge is 2.35. The van der Waals surface area contributed by atoms with Crippen LogP contribution in [-0.2, 0) is 15.8 Å². The minimum atomic E-state index is -4.88. The second kappa shape index (κ2) is 7.79. The third kappa shape index (κ3) is 4.44. The van der Waals surface area contributed by atoms with Gasteiger partial charge >= 0.3 is 6.18 Å². The van der Waals surface area contributed by atoms with Crippen molar-refractivity contribution in [2.45, 2.75) is 18.6 Å². The Morgan fingerprint density at radius 3 is 2.36 bits per heavy atom. The first-order valence-electron chi connectivity index (χ1n) is 8.34. The SMILES string of the molecule is O=C1CC(C(=O)N[C@@H](c2ccc(Cl)cc2)c2ccc(F)c(C(F)(F)F)c2)CN1. The molecule has 0 radical (unpaired) electrons. The van der Waals surface area contributed by atoms with Crippen LogP contribution in [0, 0.1) is 11.7 Å². The van der Waals surface area contributed by atoms with Gasteiger partial charge in [0.15, 0.2) is 0 Å². The molecule has 1 saturated heterocycles.